The summed E-state index contributed by atoms with van der Waals surface area (Å²) in [6.07, 6.45) is 5.73. The third-order valence-corrected chi connectivity index (χ3v) is 10.4. The van der Waals surface area contributed by atoms with Crippen LogP contribution in [0.25, 0.3) is 0 Å². The average molecular weight is 805 g/mol. The number of pyridine rings is 2. The summed E-state index contributed by atoms with van der Waals surface area (Å²) < 4.78 is 69.0. The van der Waals surface area contributed by atoms with Crippen molar-refractivity contribution in [1.29, 1.82) is 0 Å². The smallest absolute Gasteiger partial charge is 0.387 e. The number of Topliss-reactive ketones (excluding diaryl/α,β-unsaturated/α-hetero) is 1. The van der Waals surface area contributed by atoms with E-state index in [1.165, 1.54) is 55.0 Å². The highest BCUT2D eigenvalue weighted by atomic mass is 35.5. The van der Waals surface area contributed by atoms with Gasteiger partial charge in [0.2, 0.25) is 15.8 Å². The highest BCUT2D eigenvalue weighted by Gasteiger charge is 2.39. The molecule has 2 aromatic heterocycles. The number of sulfonamides is 1. The molecule has 3 heterocycles. The molecule has 1 fully saturated rings. The SMILES string of the molecule is CS(=O)(=O)N(CC(=O)c1ccccn1)c1ccc2c(c1)C(=O)N(CC(=O)O[C@@H](Cc1c(Cl)c[nH+]cc1Cl)c1ccc(OC(F)F)c(OCC3CC3)c1)C2=O. The summed E-state index contributed by atoms with van der Waals surface area (Å²) in [4.78, 5) is 60.8. The van der Waals surface area contributed by atoms with Crippen molar-refractivity contribution < 1.29 is 55.6 Å². The largest absolute Gasteiger partial charge is 0.489 e. The lowest BCUT2D eigenvalue weighted by molar-refractivity contribution is -0.377. The van der Waals surface area contributed by atoms with Gasteiger partial charge in [0.1, 0.15) is 28.4 Å². The number of nitrogens with zero attached hydrogens (tertiary/aromatic N) is 3. The number of aromatic amines is 1. The maximum Gasteiger partial charge on any atom is 0.387 e. The molecule has 4 aromatic rings. The summed E-state index contributed by atoms with van der Waals surface area (Å²) in [5.74, 6) is -3.39. The molecular formula is C36H31Cl2F2N4O9S+. The van der Waals surface area contributed by atoms with Crippen molar-refractivity contribution in [2.45, 2.75) is 32.0 Å². The Morgan fingerprint density at radius 2 is 1.72 bits per heavy atom. The van der Waals surface area contributed by atoms with Gasteiger partial charge in [-0.25, -0.2) is 13.4 Å². The van der Waals surface area contributed by atoms with Crippen LogP contribution in [0.2, 0.25) is 10.0 Å². The van der Waals surface area contributed by atoms with Crippen molar-refractivity contribution in [3.63, 3.8) is 0 Å². The Bertz CT molecular complexity index is 2210. The second kappa shape index (κ2) is 16.0. The Morgan fingerprint density at radius 3 is 2.37 bits per heavy atom. The van der Waals surface area contributed by atoms with Crippen molar-refractivity contribution in [1.82, 2.24) is 9.88 Å². The molecule has 1 N–H and O–H groups in total. The third-order valence-electron chi connectivity index (χ3n) is 8.55. The number of halogens is 4. The molecule has 0 radical (unpaired) electrons. The van der Waals surface area contributed by atoms with E-state index in [0.717, 1.165) is 29.5 Å². The van der Waals surface area contributed by atoms with Gasteiger partial charge in [0.15, 0.2) is 23.9 Å². The normalized spacial score (nSPS) is 14.5. The zero-order valence-corrected chi connectivity index (χ0v) is 30.7. The van der Waals surface area contributed by atoms with Gasteiger partial charge in [0.25, 0.3) is 11.8 Å². The minimum Gasteiger partial charge on any atom is -0.489 e. The molecular weight excluding hydrogens is 773 g/mol. The van der Waals surface area contributed by atoms with E-state index in [9.17, 15) is 36.4 Å². The summed E-state index contributed by atoms with van der Waals surface area (Å²) >= 11 is 12.8. The molecule has 6 rings (SSSR count). The zero-order chi connectivity index (χ0) is 38.7. The predicted molar refractivity (Wildman–Crippen MR) is 189 cm³/mol. The molecule has 0 saturated heterocycles. The number of ether oxygens (including phenoxy) is 3. The molecule has 2 aliphatic rings. The minimum absolute atomic E-state index is 0.0136. The number of carbonyl (C=O) groups excluding carboxylic acids is 4. The van der Waals surface area contributed by atoms with Gasteiger partial charge in [-0.2, -0.15) is 8.78 Å². The highest BCUT2D eigenvalue weighted by Crippen LogP contribution is 2.38. The lowest BCUT2D eigenvalue weighted by atomic mass is 10.0. The van der Waals surface area contributed by atoms with Gasteiger partial charge in [-0.3, -0.25) is 33.4 Å². The first-order chi connectivity index (χ1) is 25.7. The molecule has 2 aromatic carbocycles. The van der Waals surface area contributed by atoms with Gasteiger partial charge >= 0.3 is 12.6 Å². The third kappa shape index (κ3) is 8.94. The molecule has 282 valence electrons. The van der Waals surface area contributed by atoms with Gasteiger partial charge in [-0.05, 0) is 66.8 Å². The number of esters is 1. The fourth-order valence-corrected chi connectivity index (χ4v) is 7.03. The lowest BCUT2D eigenvalue weighted by Gasteiger charge is -2.22. The molecule has 0 bridgehead atoms. The monoisotopic (exact) mass is 803 g/mol. The van der Waals surface area contributed by atoms with Crippen molar-refractivity contribution in [2.24, 2.45) is 5.92 Å². The second-order valence-corrected chi connectivity index (χ2v) is 15.2. The van der Waals surface area contributed by atoms with Gasteiger partial charge in [-0.15, -0.1) is 0 Å². The Balaban J connectivity index is 1.24. The molecule has 1 aliphatic heterocycles. The topological polar surface area (TPSA) is 164 Å². The number of imide groups is 1. The molecule has 0 unspecified atom stereocenters. The van der Waals surface area contributed by atoms with Crippen molar-refractivity contribution >= 4 is 62.5 Å². The molecule has 13 nitrogen and oxygen atoms in total. The number of hydrogen-bond acceptors (Lipinski definition) is 10. The number of nitrogens with one attached hydrogen (secondary N) is 1. The number of benzene rings is 2. The molecule has 18 heteroatoms. The quantitative estimate of drug-likeness (QED) is 0.0818. The van der Waals surface area contributed by atoms with E-state index in [2.05, 4.69) is 14.7 Å². The first-order valence-corrected chi connectivity index (χ1v) is 19.0. The number of fused-ring (bicyclic) bond motifs is 1. The van der Waals surface area contributed by atoms with Crippen LogP contribution < -0.4 is 18.8 Å². The molecule has 1 atom stereocenters. The van der Waals surface area contributed by atoms with Crippen LogP contribution in [0.3, 0.4) is 0 Å². The molecule has 1 aliphatic carbocycles. The summed E-state index contributed by atoms with van der Waals surface area (Å²) in [6.45, 7) is -4.37. The van der Waals surface area contributed by atoms with E-state index >= 15 is 0 Å². The number of aromatic nitrogens is 2. The number of carbonyl (C=O) groups is 4. The van der Waals surface area contributed by atoms with E-state index in [0.29, 0.717) is 10.5 Å². The summed E-state index contributed by atoms with van der Waals surface area (Å²) in [5, 5.41) is 0.403. The number of rotatable bonds is 16. The second-order valence-electron chi connectivity index (χ2n) is 12.5. The first-order valence-electron chi connectivity index (χ1n) is 16.4. The maximum absolute atomic E-state index is 13.6. The number of alkyl halides is 2. The van der Waals surface area contributed by atoms with E-state index in [1.54, 1.807) is 12.1 Å². The number of anilines is 1. The van der Waals surface area contributed by atoms with Crippen molar-refractivity contribution in [2.75, 3.05) is 30.3 Å². The number of H-pyrrole nitrogens is 1. The first kappa shape index (κ1) is 38.5. The Labute approximate surface area is 317 Å². The van der Waals surface area contributed by atoms with Gasteiger partial charge < -0.3 is 14.2 Å². The Morgan fingerprint density at radius 1 is 1.00 bits per heavy atom. The van der Waals surface area contributed by atoms with Crippen LogP contribution in [0, 0.1) is 5.92 Å². The van der Waals surface area contributed by atoms with Crippen LogP contribution in [0.15, 0.2) is 73.2 Å². The van der Waals surface area contributed by atoms with Crippen LogP contribution >= 0.6 is 23.2 Å². The van der Waals surface area contributed by atoms with E-state index < -0.39 is 59.4 Å². The molecule has 54 heavy (non-hydrogen) atoms. The fraction of sp³-hybridized carbons (Fsp3) is 0.278. The fourth-order valence-electron chi connectivity index (χ4n) is 5.65. The average Bonchev–Trinajstić information content (AvgIpc) is 3.93. The summed E-state index contributed by atoms with van der Waals surface area (Å²) in [6, 6.07) is 12.3. The Hall–Kier alpha value is -5.19. The van der Waals surface area contributed by atoms with Gasteiger partial charge in [0, 0.05) is 18.2 Å². The number of hydrogen-bond donors (Lipinski definition) is 0. The van der Waals surface area contributed by atoms with Crippen LogP contribution in [0.5, 0.6) is 11.5 Å². The van der Waals surface area contributed by atoms with Crippen LogP contribution in [0.4, 0.5) is 14.5 Å². The van der Waals surface area contributed by atoms with Crippen molar-refractivity contribution in [3.05, 3.63) is 111 Å². The van der Waals surface area contributed by atoms with Crippen LogP contribution in [-0.4, -0.2) is 74.4 Å². The summed E-state index contributed by atoms with van der Waals surface area (Å²) in [5.41, 5.74) is 0.295. The predicted octanol–water partition coefficient (Wildman–Crippen LogP) is 5.36. The standard InChI is InChI=1S/C36H30Cl2F2N4O9S/c1-54(49,50)44(17-29(45)28-4-2-3-11-42-28)22-8-9-23-24(13-22)35(48)43(34(23)47)18-33(46)52-31(14-25-26(37)15-41-16-27(25)38)21-7-10-30(53-36(39)40)32(12-21)51-19-20-5-6-20/h2-4,7-13,15-16,20,31,36H,5-6,14,17-19H2,1H3/p+1/t31-/m0/s1. The van der Waals surface area contributed by atoms with Crippen molar-refractivity contribution in [3.8, 4) is 11.5 Å². The summed E-state index contributed by atoms with van der Waals surface area (Å²) in [7, 11) is -4.06. The van der Waals surface area contributed by atoms with Crippen LogP contribution in [-0.2, 0) is 26.0 Å². The molecule has 1 saturated carbocycles. The lowest BCUT2D eigenvalue weighted by Crippen LogP contribution is -2.36. The van der Waals surface area contributed by atoms with E-state index in [1.807, 2.05) is 0 Å². The van der Waals surface area contributed by atoms with Crippen LogP contribution in [0.1, 0.15) is 61.3 Å². The number of amides is 2. The molecule has 2 amide bonds. The van der Waals surface area contributed by atoms with E-state index in [-0.39, 0.29) is 68.6 Å². The number of ketones is 1. The maximum atomic E-state index is 13.6. The Kier molecular flexibility index (Phi) is 11.4. The van der Waals surface area contributed by atoms with E-state index in [4.69, 9.17) is 32.7 Å². The molecule has 0 spiro atoms. The van der Waals surface area contributed by atoms with Gasteiger partial charge in [0.05, 0.1) is 36.2 Å². The highest BCUT2D eigenvalue weighted by molar-refractivity contribution is 7.92. The zero-order valence-electron chi connectivity index (χ0n) is 28.3. The van der Waals surface area contributed by atoms with Gasteiger partial charge in [-0.1, -0.05) is 35.3 Å². The minimum atomic E-state index is -4.06.